The maximum Gasteiger partial charge on any atom is 0.277 e. The number of hydrogen-bond acceptors (Lipinski definition) is 5. The predicted octanol–water partition coefficient (Wildman–Crippen LogP) is 0.579. The van der Waals surface area contributed by atoms with E-state index in [1.807, 2.05) is 0 Å². The van der Waals surface area contributed by atoms with E-state index in [2.05, 4.69) is 25.0 Å². The predicted molar refractivity (Wildman–Crippen MR) is 66.6 cm³/mol. The Morgan fingerprint density at radius 3 is 3.11 bits per heavy atom. The third kappa shape index (κ3) is 1.20. The van der Waals surface area contributed by atoms with E-state index in [9.17, 15) is 4.79 Å². The van der Waals surface area contributed by atoms with Gasteiger partial charge < -0.3 is 4.98 Å². The Kier molecular flexibility index (Phi) is 1.90. The lowest BCUT2D eigenvalue weighted by Crippen LogP contribution is -2.18. The van der Waals surface area contributed by atoms with Crippen molar-refractivity contribution in [2.45, 2.75) is 11.5 Å². The number of nitrogens with one attached hydrogen (secondary N) is 2. The van der Waals surface area contributed by atoms with E-state index in [0.717, 1.165) is 22.8 Å². The van der Waals surface area contributed by atoms with Crippen LogP contribution in [-0.4, -0.2) is 29.7 Å². The Hall–Kier alpha value is -2.09. The summed E-state index contributed by atoms with van der Waals surface area (Å²) in [6.07, 6.45) is 2.95. The fourth-order valence-electron chi connectivity index (χ4n) is 2.11. The largest absolute Gasteiger partial charge is 0.340 e. The highest BCUT2D eigenvalue weighted by Crippen LogP contribution is 2.26. The molecule has 1 aliphatic heterocycles. The van der Waals surface area contributed by atoms with Crippen LogP contribution in [0.15, 0.2) is 17.4 Å². The van der Waals surface area contributed by atoms with Gasteiger partial charge in [-0.05, 0) is 0 Å². The summed E-state index contributed by atoms with van der Waals surface area (Å²) in [5, 5.41) is 3.11. The van der Waals surface area contributed by atoms with Gasteiger partial charge in [0.15, 0.2) is 11.5 Å². The standard InChI is InChI=1S/C10H8N6OS/c17-10-5-1-18-2-6(5)15-16(10)9-7-8(12-3-11-7)13-4-14-9/h3-4,15H,1-2H2,(H,11,12,13,14). The van der Waals surface area contributed by atoms with Gasteiger partial charge in [-0.2, -0.15) is 16.4 Å². The Morgan fingerprint density at radius 1 is 1.28 bits per heavy atom. The first-order valence-corrected chi connectivity index (χ1v) is 6.55. The van der Waals surface area contributed by atoms with Gasteiger partial charge in [-0.1, -0.05) is 0 Å². The Labute approximate surface area is 105 Å². The third-order valence-corrected chi connectivity index (χ3v) is 3.97. The highest BCUT2D eigenvalue weighted by Gasteiger charge is 2.22. The van der Waals surface area contributed by atoms with E-state index >= 15 is 0 Å². The van der Waals surface area contributed by atoms with Crippen LogP contribution in [0.1, 0.15) is 11.3 Å². The second-order valence-corrected chi connectivity index (χ2v) is 4.99. The molecule has 7 nitrogen and oxygen atoms in total. The summed E-state index contributed by atoms with van der Waals surface area (Å²) in [5.41, 5.74) is 3.00. The van der Waals surface area contributed by atoms with Crippen LogP contribution in [0.2, 0.25) is 0 Å². The molecule has 1 aliphatic rings. The van der Waals surface area contributed by atoms with Crippen LogP contribution in [0.4, 0.5) is 0 Å². The number of imidazole rings is 1. The quantitative estimate of drug-likeness (QED) is 0.667. The molecule has 18 heavy (non-hydrogen) atoms. The third-order valence-electron chi connectivity index (χ3n) is 2.98. The summed E-state index contributed by atoms with van der Waals surface area (Å²) < 4.78 is 1.46. The van der Waals surface area contributed by atoms with Crippen molar-refractivity contribution < 1.29 is 0 Å². The maximum atomic E-state index is 12.3. The monoisotopic (exact) mass is 260 g/mol. The van der Waals surface area contributed by atoms with Gasteiger partial charge in [0.25, 0.3) is 5.56 Å². The van der Waals surface area contributed by atoms with E-state index < -0.39 is 0 Å². The fraction of sp³-hybridized carbons (Fsp3) is 0.200. The van der Waals surface area contributed by atoms with Gasteiger partial charge in [0.05, 0.1) is 17.6 Å². The molecular weight excluding hydrogens is 252 g/mol. The van der Waals surface area contributed by atoms with Crippen molar-refractivity contribution >= 4 is 22.9 Å². The average molecular weight is 260 g/mol. The fourth-order valence-corrected chi connectivity index (χ4v) is 3.16. The minimum atomic E-state index is -0.0374. The Morgan fingerprint density at radius 2 is 2.22 bits per heavy atom. The molecule has 0 radical (unpaired) electrons. The minimum absolute atomic E-state index is 0.0374. The van der Waals surface area contributed by atoms with Gasteiger partial charge in [-0.3, -0.25) is 9.89 Å². The van der Waals surface area contributed by atoms with Gasteiger partial charge in [0.2, 0.25) is 0 Å². The van der Waals surface area contributed by atoms with Crippen molar-refractivity contribution in [3.8, 4) is 5.82 Å². The number of aromatic nitrogens is 6. The number of thioether (sulfide) groups is 1. The molecule has 0 aromatic carbocycles. The first-order valence-electron chi connectivity index (χ1n) is 5.39. The highest BCUT2D eigenvalue weighted by molar-refractivity contribution is 7.98. The lowest BCUT2D eigenvalue weighted by molar-refractivity contribution is 0.806. The molecule has 0 bridgehead atoms. The molecule has 3 aromatic heterocycles. The van der Waals surface area contributed by atoms with Crippen molar-refractivity contribution in [2.24, 2.45) is 0 Å². The van der Waals surface area contributed by atoms with Crippen LogP contribution in [0.25, 0.3) is 17.0 Å². The molecular formula is C10H8N6OS. The summed E-state index contributed by atoms with van der Waals surface area (Å²) in [5.74, 6) is 2.12. The first-order chi connectivity index (χ1) is 8.84. The van der Waals surface area contributed by atoms with Gasteiger partial charge in [-0.15, -0.1) is 0 Å². The van der Waals surface area contributed by atoms with Crippen LogP contribution < -0.4 is 5.56 Å². The molecule has 3 aromatic rings. The van der Waals surface area contributed by atoms with Crippen LogP contribution in [0, 0.1) is 0 Å². The summed E-state index contributed by atoms with van der Waals surface area (Å²) in [6.45, 7) is 0. The minimum Gasteiger partial charge on any atom is -0.340 e. The molecule has 0 saturated heterocycles. The van der Waals surface area contributed by atoms with E-state index in [1.54, 1.807) is 18.1 Å². The summed E-state index contributed by atoms with van der Waals surface area (Å²) in [7, 11) is 0. The van der Waals surface area contributed by atoms with Crippen molar-refractivity contribution in [1.82, 2.24) is 29.7 Å². The number of rotatable bonds is 1. The van der Waals surface area contributed by atoms with Crippen molar-refractivity contribution in [3.63, 3.8) is 0 Å². The maximum absolute atomic E-state index is 12.3. The lowest BCUT2D eigenvalue weighted by Gasteiger charge is -2.01. The Balaban J connectivity index is 2.03. The van der Waals surface area contributed by atoms with Gasteiger partial charge in [0.1, 0.15) is 11.8 Å². The molecule has 0 spiro atoms. The zero-order valence-electron chi connectivity index (χ0n) is 9.17. The van der Waals surface area contributed by atoms with Gasteiger partial charge >= 0.3 is 0 Å². The molecule has 8 heteroatoms. The molecule has 90 valence electrons. The second kappa shape index (κ2) is 3.45. The molecule has 2 N–H and O–H groups in total. The highest BCUT2D eigenvalue weighted by atomic mass is 32.2. The smallest absolute Gasteiger partial charge is 0.277 e. The number of H-pyrrole nitrogens is 2. The molecule has 0 unspecified atom stereocenters. The van der Waals surface area contributed by atoms with Crippen LogP contribution in [0.3, 0.4) is 0 Å². The molecule has 4 heterocycles. The normalized spacial score (nSPS) is 14.2. The lowest BCUT2D eigenvalue weighted by atomic mass is 10.3. The molecule has 4 rings (SSSR count). The Bertz CT molecular complexity index is 800. The zero-order valence-corrected chi connectivity index (χ0v) is 9.99. The molecule has 0 fully saturated rings. The summed E-state index contributed by atoms with van der Waals surface area (Å²) >= 11 is 1.74. The van der Waals surface area contributed by atoms with E-state index in [4.69, 9.17) is 0 Å². The average Bonchev–Trinajstić information content (AvgIpc) is 3.06. The van der Waals surface area contributed by atoms with Crippen molar-refractivity contribution in [2.75, 3.05) is 0 Å². The van der Waals surface area contributed by atoms with Crippen LogP contribution in [-0.2, 0) is 11.5 Å². The first kappa shape index (κ1) is 9.89. The van der Waals surface area contributed by atoms with E-state index in [-0.39, 0.29) is 5.56 Å². The molecule has 0 saturated carbocycles. The second-order valence-electron chi connectivity index (χ2n) is 4.00. The van der Waals surface area contributed by atoms with Gasteiger partial charge in [-0.25, -0.2) is 15.0 Å². The molecule has 0 aliphatic carbocycles. The summed E-state index contributed by atoms with van der Waals surface area (Å²) in [6, 6.07) is 0. The van der Waals surface area contributed by atoms with E-state index in [1.165, 1.54) is 11.0 Å². The number of aromatic amines is 2. The topological polar surface area (TPSA) is 92.2 Å². The van der Waals surface area contributed by atoms with Gasteiger partial charge in [0, 0.05) is 11.5 Å². The number of hydrogen-bond donors (Lipinski definition) is 2. The zero-order chi connectivity index (χ0) is 12.1. The van der Waals surface area contributed by atoms with Crippen molar-refractivity contribution in [3.05, 3.63) is 34.3 Å². The van der Waals surface area contributed by atoms with Crippen LogP contribution in [0.5, 0.6) is 0 Å². The molecule has 0 atom stereocenters. The molecule has 0 amide bonds. The van der Waals surface area contributed by atoms with E-state index in [0.29, 0.717) is 17.0 Å². The van der Waals surface area contributed by atoms with Crippen LogP contribution >= 0.6 is 11.8 Å². The summed E-state index contributed by atoms with van der Waals surface area (Å²) in [4.78, 5) is 27.5. The van der Waals surface area contributed by atoms with Crippen molar-refractivity contribution in [1.29, 1.82) is 0 Å². The SMILES string of the molecule is O=c1c2c([nH]n1-c1ncnc3nc[nH]c13)CSC2. The number of nitrogens with zero attached hydrogens (tertiary/aromatic N) is 4. The number of fused-ring (bicyclic) bond motifs is 2.